The fraction of sp³-hybridized carbons (Fsp3) is 0.188. The summed E-state index contributed by atoms with van der Waals surface area (Å²) in [6.07, 6.45) is -4.29. The predicted molar refractivity (Wildman–Crippen MR) is 76.2 cm³/mol. The Morgan fingerprint density at radius 1 is 1.09 bits per heavy atom. The van der Waals surface area contributed by atoms with Crippen molar-refractivity contribution in [2.24, 2.45) is 5.73 Å². The molecule has 3 nitrogen and oxygen atoms in total. The van der Waals surface area contributed by atoms with Gasteiger partial charge in [0.15, 0.2) is 0 Å². The Morgan fingerprint density at radius 3 is 2.27 bits per heavy atom. The summed E-state index contributed by atoms with van der Waals surface area (Å²) in [5, 5.41) is 8.81. The molecule has 0 saturated heterocycles. The first-order valence-electron chi connectivity index (χ1n) is 6.52. The molecule has 0 fully saturated rings. The zero-order valence-corrected chi connectivity index (χ0v) is 11.5. The minimum absolute atomic E-state index is 0.113. The summed E-state index contributed by atoms with van der Waals surface area (Å²) in [5.74, 6) is -1.12. The molecule has 1 unspecified atom stereocenters. The number of benzene rings is 2. The van der Waals surface area contributed by atoms with Crippen LogP contribution in [0, 0.1) is 0 Å². The van der Waals surface area contributed by atoms with Gasteiger partial charge >= 0.3 is 12.1 Å². The van der Waals surface area contributed by atoms with E-state index in [1.807, 2.05) is 0 Å². The summed E-state index contributed by atoms with van der Waals surface area (Å²) in [7, 11) is 0. The Balaban J connectivity index is 2.32. The van der Waals surface area contributed by atoms with Gasteiger partial charge in [-0.3, -0.25) is 4.79 Å². The molecule has 1 atom stereocenters. The molecule has 6 heteroatoms. The highest BCUT2D eigenvalue weighted by Crippen LogP contribution is 2.32. The van der Waals surface area contributed by atoms with Crippen molar-refractivity contribution in [1.29, 1.82) is 0 Å². The van der Waals surface area contributed by atoms with Crippen molar-refractivity contribution in [3.05, 3.63) is 59.7 Å². The number of carboxylic acids is 1. The first-order valence-corrected chi connectivity index (χ1v) is 6.52. The summed E-state index contributed by atoms with van der Waals surface area (Å²) in [6, 6.07) is 10.6. The lowest BCUT2D eigenvalue weighted by Gasteiger charge is -2.11. The quantitative estimate of drug-likeness (QED) is 0.910. The van der Waals surface area contributed by atoms with Crippen LogP contribution in [0.1, 0.15) is 11.1 Å². The summed E-state index contributed by atoms with van der Waals surface area (Å²) < 4.78 is 38.2. The molecule has 2 aromatic rings. The third kappa shape index (κ3) is 3.85. The van der Waals surface area contributed by atoms with Gasteiger partial charge in [0.1, 0.15) is 6.04 Å². The lowest BCUT2D eigenvalue weighted by atomic mass is 9.98. The fourth-order valence-electron chi connectivity index (χ4n) is 2.09. The van der Waals surface area contributed by atoms with Crippen LogP contribution in [0.25, 0.3) is 11.1 Å². The van der Waals surface area contributed by atoms with E-state index in [0.717, 1.165) is 12.1 Å². The SMILES string of the molecule is NC(Cc1cccc(-c2cccc(C(F)(F)F)c2)c1)C(=O)O. The highest BCUT2D eigenvalue weighted by atomic mass is 19.4. The number of hydrogen-bond acceptors (Lipinski definition) is 2. The largest absolute Gasteiger partial charge is 0.480 e. The van der Waals surface area contributed by atoms with Crippen molar-refractivity contribution < 1.29 is 23.1 Å². The van der Waals surface area contributed by atoms with Crippen LogP contribution in [0.15, 0.2) is 48.5 Å². The van der Waals surface area contributed by atoms with E-state index < -0.39 is 23.8 Å². The van der Waals surface area contributed by atoms with Crippen molar-refractivity contribution in [1.82, 2.24) is 0 Å². The average Bonchev–Trinajstić information content (AvgIpc) is 2.46. The summed E-state index contributed by atoms with van der Waals surface area (Å²) in [4.78, 5) is 10.8. The van der Waals surface area contributed by atoms with Gasteiger partial charge in [0, 0.05) is 0 Å². The molecule has 0 aliphatic heterocycles. The Kier molecular flexibility index (Phi) is 4.51. The van der Waals surface area contributed by atoms with Crippen LogP contribution < -0.4 is 5.73 Å². The monoisotopic (exact) mass is 309 g/mol. The van der Waals surface area contributed by atoms with Crippen LogP contribution in [-0.2, 0) is 17.4 Å². The van der Waals surface area contributed by atoms with E-state index >= 15 is 0 Å². The summed E-state index contributed by atoms with van der Waals surface area (Å²) in [6.45, 7) is 0. The minimum atomic E-state index is -4.40. The van der Waals surface area contributed by atoms with Gasteiger partial charge in [0.25, 0.3) is 0 Å². The number of rotatable bonds is 4. The number of halogens is 3. The number of aliphatic carboxylic acids is 1. The van der Waals surface area contributed by atoms with Crippen LogP contribution in [-0.4, -0.2) is 17.1 Å². The van der Waals surface area contributed by atoms with Crippen LogP contribution in [0.2, 0.25) is 0 Å². The van der Waals surface area contributed by atoms with E-state index in [2.05, 4.69) is 0 Å². The Bertz CT molecular complexity index is 683. The molecule has 2 rings (SSSR count). The Hall–Kier alpha value is -2.34. The molecule has 0 heterocycles. The van der Waals surface area contributed by atoms with Crippen molar-refractivity contribution >= 4 is 5.97 Å². The summed E-state index contributed by atoms with van der Waals surface area (Å²) in [5.41, 5.74) is 6.40. The topological polar surface area (TPSA) is 63.3 Å². The highest BCUT2D eigenvalue weighted by Gasteiger charge is 2.30. The van der Waals surface area contributed by atoms with E-state index in [-0.39, 0.29) is 6.42 Å². The fourth-order valence-corrected chi connectivity index (χ4v) is 2.09. The third-order valence-corrected chi connectivity index (χ3v) is 3.22. The van der Waals surface area contributed by atoms with Crippen LogP contribution >= 0.6 is 0 Å². The maximum absolute atomic E-state index is 12.7. The molecular formula is C16H14F3NO2. The maximum atomic E-state index is 12.7. The molecule has 0 aromatic heterocycles. The molecule has 22 heavy (non-hydrogen) atoms. The summed E-state index contributed by atoms with van der Waals surface area (Å²) >= 11 is 0. The lowest BCUT2D eigenvalue weighted by molar-refractivity contribution is -0.139. The van der Waals surface area contributed by atoms with Gasteiger partial charge in [-0.15, -0.1) is 0 Å². The second-order valence-corrected chi connectivity index (χ2v) is 4.93. The lowest BCUT2D eigenvalue weighted by Crippen LogP contribution is -2.32. The molecule has 3 N–H and O–H groups in total. The van der Waals surface area contributed by atoms with E-state index in [1.54, 1.807) is 30.3 Å². The third-order valence-electron chi connectivity index (χ3n) is 3.22. The second-order valence-electron chi connectivity index (χ2n) is 4.93. The van der Waals surface area contributed by atoms with Gasteiger partial charge < -0.3 is 10.8 Å². The molecule has 0 spiro atoms. The van der Waals surface area contributed by atoms with E-state index in [9.17, 15) is 18.0 Å². The van der Waals surface area contributed by atoms with Crippen LogP contribution in [0.3, 0.4) is 0 Å². The minimum Gasteiger partial charge on any atom is -0.480 e. The van der Waals surface area contributed by atoms with Gasteiger partial charge in [-0.2, -0.15) is 13.2 Å². The van der Waals surface area contributed by atoms with E-state index in [1.165, 1.54) is 6.07 Å². The van der Waals surface area contributed by atoms with Crippen molar-refractivity contribution in [2.75, 3.05) is 0 Å². The Labute approximate surface area is 125 Å². The molecule has 0 radical (unpaired) electrons. The first kappa shape index (κ1) is 16.0. The van der Waals surface area contributed by atoms with Gasteiger partial charge in [0.05, 0.1) is 5.56 Å². The molecule has 0 amide bonds. The van der Waals surface area contributed by atoms with Gasteiger partial charge in [0.2, 0.25) is 0 Å². The molecule has 0 bridgehead atoms. The standard InChI is InChI=1S/C16H14F3NO2/c17-16(18,19)13-6-2-5-12(9-13)11-4-1-3-10(7-11)8-14(20)15(21)22/h1-7,9,14H,8,20H2,(H,21,22). The maximum Gasteiger partial charge on any atom is 0.416 e. The number of carboxylic acid groups (broad SMARTS) is 1. The molecule has 116 valence electrons. The van der Waals surface area contributed by atoms with Crippen LogP contribution in [0.5, 0.6) is 0 Å². The molecule has 0 aliphatic carbocycles. The number of hydrogen-bond donors (Lipinski definition) is 2. The molecular weight excluding hydrogens is 295 g/mol. The number of carbonyl (C=O) groups is 1. The molecule has 0 aliphatic rings. The number of alkyl halides is 3. The smallest absolute Gasteiger partial charge is 0.416 e. The zero-order chi connectivity index (χ0) is 16.3. The van der Waals surface area contributed by atoms with Gasteiger partial charge in [-0.05, 0) is 35.2 Å². The highest BCUT2D eigenvalue weighted by molar-refractivity contribution is 5.74. The van der Waals surface area contributed by atoms with E-state index in [0.29, 0.717) is 16.7 Å². The predicted octanol–water partition coefficient (Wildman–Crippen LogP) is 3.33. The van der Waals surface area contributed by atoms with E-state index in [4.69, 9.17) is 10.8 Å². The normalized spacial score (nSPS) is 12.9. The first-order chi connectivity index (χ1) is 10.3. The van der Waals surface area contributed by atoms with Crippen molar-refractivity contribution in [3.8, 4) is 11.1 Å². The van der Waals surface area contributed by atoms with Gasteiger partial charge in [-0.25, -0.2) is 0 Å². The van der Waals surface area contributed by atoms with Gasteiger partial charge in [-0.1, -0.05) is 36.4 Å². The van der Waals surface area contributed by atoms with Crippen molar-refractivity contribution in [3.63, 3.8) is 0 Å². The number of nitrogens with two attached hydrogens (primary N) is 1. The average molecular weight is 309 g/mol. The van der Waals surface area contributed by atoms with Crippen LogP contribution in [0.4, 0.5) is 13.2 Å². The zero-order valence-electron chi connectivity index (χ0n) is 11.5. The molecule has 2 aromatic carbocycles. The second kappa shape index (κ2) is 6.19. The molecule has 0 saturated carbocycles. The van der Waals surface area contributed by atoms with Crippen molar-refractivity contribution in [2.45, 2.75) is 18.6 Å². The Morgan fingerprint density at radius 2 is 1.68 bits per heavy atom.